The van der Waals surface area contributed by atoms with Gasteiger partial charge in [0.2, 0.25) is 0 Å². The first-order valence-electron chi connectivity index (χ1n) is 9.02. The maximum Gasteiger partial charge on any atom is 0.309 e. The van der Waals surface area contributed by atoms with Crippen LogP contribution in [0.3, 0.4) is 0 Å². The number of likely N-dealkylation sites (tertiary alicyclic amines) is 1. The van der Waals surface area contributed by atoms with Crippen LogP contribution in [0.4, 0.5) is 0 Å². The summed E-state index contributed by atoms with van der Waals surface area (Å²) in [5, 5.41) is 9.75. The van der Waals surface area contributed by atoms with Gasteiger partial charge in [0, 0.05) is 30.2 Å². The summed E-state index contributed by atoms with van der Waals surface area (Å²) < 4.78 is 12.7. The number of para-hydroxylation sites is 1. The number of rotatable bonds is 6. The van der Waals surface area contributed by atoms with Gasteiger partial charge in [0.15, 0.2) is 11.0 Å². The van der Waals surface area contributed by atoms with E-state index in [1.165, 1.54) is 6.07 Å². The van der Waals surface area contributed by atoms with Crippen LogP contribution in [0.15, 0.2) is 56.1 Å². The molecule has 0 atom stereocenters. The number of carboxylic acids is 1. The zero-order valence-corrected chi connectivity index (χ0v) is 17.6. The number of halogens is 2. The second-order valence-corrected chi connectivity index (χ2v) is 8.20. The predicted molar refractivity (Wildman–Crippen MR) is 114 cm³/mol. The minimum atomic E-state index is -0.763. The summed E-state index contributed by atoms with van der Waals surface area (Å²) in [7, 11) is 0. The Labute approximate surface area is 179 Å². The van der Waals surface area contributed by atoms with Crippen LogP contribution in [0.2, 0.25) is 5.02 Å². The lowest BCUT2D eigenvalue weighted by Gasteiger charge is -2.36. The first-order valence-corrected chi connectivity index (χ1v) is 10.2. The van der Waals surface area contributed by atoms with Crippen LogP contribution in [0.1, 0.15) is 0 Å². The van der Waals surface area contributed by atoms with Crippen LogP contribution >= 0.6 is 27.5 Å². The SMILES string of the molecule is O=C(O)C1CN(CCOc2cc(Br)ccc2-c2cc(=O)c3cccc(Cl)c3o2)C1. The molecule has 0 aliphatic carbocycles. The van der Waals surface area contributed by atoms with Gasteiger partial charge in [-0.15, -0.1) is 0 Å². The van der Waals surface area contributed by atoms with Crippen LogP contribution in [0.25, 0.3) is 22.3 Å². The average molecular weight is 479 g/mol. The number of carbonyl (C=O) groups is 1. The van der Waals surface area contributed by atoms with Crippen molar-refractivity contribution in [2.24, 2.45) is 5.92 Å². The molecular weight excluding hydrogens is 462 g/mol. The van der Waals surface area contributed by atoms with E-state index in [0.717, 1.165) is 4.47 Å². The Morgan fingerprint density at radius 1 is 1.28 bits per heavy atom. The van der Waals surface area contributed by atoms with E-state index in [4.69, 9.17) is 25.9 Å². The molecule has 2 heterocycles. The molecule has 0 bridgehead atoms. The predicted octanol–water partition coefficient (Wildman–Crippen LogP) is 4.27. The zero-order chi connectivity index (χ0) is 20.5. The van der Waals surface area contributed by atoms with Gasteiger partial charge in [-0.05, 0) is 30.3 Å². The van der Waals surface area contributed by atoms with E-state index in [1.54, 1.807) is 18.2 Å². The number of fused-ring (bicyclic) bond motifs is 1. The number of carboxylic acid groups (broad SMARTS) is 1. The normalized spacial score (nSPS) is 14.7. The summed E-state index contributed by atoms with van der Waals surface area (Å²) in [5.41, 5.74) is 0.794. The third-order valence-electron chi connectivity index (χ3n) is 4.89. The molecular formula is C21H17BrClNO5. The summed E-state index contributed by atoms with van der Waals surface area (Å²) in [5.74, 6) is -0.133. The van der Waals surface area contributed by atoms with Crippen molar-refractivity contribution in [2.75, 3.05) is 26.2 Å². The second-order valence-electron chi connectivity index (χ2n) is 6.88. The number of hydrogen-bond acceptors (Lipinski definition) is 5. The maximum atomic E-state index is 12.5. The summed E-state index contributed by atoms with van der Waals surface area (Å²) in [6.45, 7) is 2.06. The summed E-state index contributed by atoms with van der Waals surface area (Å²) in [6, 6.07) is 11.9. The number of aliphatic carboxylic acids is 1. The van der Waals surface area contributed by atoms with Crippen molar-refractivity contribution in [1.29, 1.82) is 0 Å². The Hall–Kier alpha value is -2.35. The molecule has 1 aliphatic rings. The van der Waals surface area contributed by atoms with Crippen molar-refractivity contribution in [3.05, 3.63) is 62.2 Å². The van der Waals surface area contributed by atoms with Crippen LogP contribution in [-0.2, 0) is 4.79 Å². The van der Waals surface area contributed by atoms with Gasteiger partial charge in [0.05, 0.1) is 21.9 Å². The maximum absolute atomic E-state index is 12.5. The molecule has 0 amide bonds. The van der Waals surface area contributed by atoms with Crippen molar-refractivity contribution >= 4 is 44.5 Å². The Bertz CT molecular complexity index is 1140. The molecule has 1 saturated heterocycles. The van der Waals surface area contributed by atoms with Crippen LogP contribution in [0, 0.1) is 5.92 Å². The largest absolute Gasteiger partial charge is 0.491 e. The van der Waals surface area contributed by atoms with E-state index in [1.807, 2.05) is 23.1 Å². The van der Waals surface area contributed by atoms with Crippen molar-refractivity contribution in [3.63, 3.8) is 0 Å². The zero-order valence-electron chi connectivity index (χ0n) is 15.2. The fourth-order valence-corrected chi connectivity index (χ4v) is 3.84. The fraction of sp³-hybridized carbons (Fsp3) is 0.238. The lowest BCUT2D eigenvalue weighted by molar-refractivity contribution is -0.147. The van der Waals surface area contributed by atoms with Crippen LogP contribution < -0.4 is 10.2 Å². The Kier molecular flexibility index (Phi) is 5.63. The first kappa shape index (κ1) is 19.9. The minimum Gasteiger partial charge on any atom is -0.491 e. The third kappa shape index (κ3) is 4.17. The van der Waals surface area contributed by atoms with E-state index >= 15 is 0 Å². The van der Waals surface area contributed by atoms with E-state index in [0.29, 0.717) is 59.3 Å². The van der Waals surface area contributed by atoms with Crippen molar-refractivity contribution in [2.45, 2.75) is 0 Å². The second kappa shape index (κ2) is 8.18. The van der Waals surface area contributed by atoms with Gasteiger partial charge in [-0.25, -0.2) is 0 Å². The quantitative estimate of drug-likeness (QED) is 0.570. The number of benzene rings is 2. The molecule has 1 aromatic heterocycles. The lowest BCUT2D eigenvalue weighted by Crippen LogP contribution is -2.51. The fourth-order valence-electron chi connectivity index (χ4n) is 3.29. The van der Waals surface area contributed by atoms with Crippen molar-refractivity contribution in [1.82, 2.24) is 4.90 Å². The Morgan fingerprint density at radius 2 is 2.07 bits per heavy atom. The third-order valence-corrected chi connectivity index (χ3v) is 5.68. The minimum absolute atomic E-state index is 0.182. The number of hydrogen-bond donors (Lipinski definition) is 1. The highest BCUT2D eigenvalue weighted by molar-refractivity contribution is 9.10. The standard InChI is InChI=1S/C21H17BrClNO5/c22-13-4-5-15(18(8-13)28-7-6-24-10-12(11-24)21(26)27)19-9-17(25)14-2-1-3-16(23)20(14)29-19/h1-5,8-9,12H,6-7,10-11H2,(H,26,27). The molecule has 8 heteroatoms. The lowest BCUT2D eigenvalue weighted by atomic mass is 10.0. The molecule has 150 valence electrons. The first-order chi connectivity index (χ1) is 13.9. The van der Waals surface area contributed by atoms with Crippen molar-refractivity contribution in [3.8, 4) is 17.1 Å². The van der Waals surface area contributed by atoms with Gasteiger partial charge >= 0.3 is 5.97 Å². The van der Waals surface area contributed by atoms with Crippen LogP contribution in [0.5, 0.6) is 5.75 Å². The molecule has 0 radical (unpaired) electrons. The van der Waals surface area contributed by atoms with Gasteiger partial charge in [-0.2, -0.15) is 0 Å². The van der Waals surface area contributed by atoms with Gasteiger partial charge in [-0.1, -0.05) is 33.6 Å². The van der Waals surface area contributed by atoms with E-state index < -0.39 is 5.97 Å². The monoisotopic (exact) mass is 477 g/mol. The molecule has 1 fully saturated rings. The molecule has 2 aromatic carbocycles. The van der Waals surface area contributed by atoms with E-state index in [9.17, 15) is 9.59 Å². The van der Waals surface area contributed by atoms with Gasteiger partial charge in [0.25, 0.3) is 0 Å². The molecule has 6 nitrogen and oxygen atoms in total. The van der Waals surface area contributed by atoms with Gasteiger partial charge in [-0.3, -0.25) is 14.5 Å². The highest BCUT2D eigenvalue weighted by Gasteiger charge is 2.32. The number of nitrogens with zero attached hydrogens (tertiary/aromatic N) is 1. The molecule has 4 rings (SSSR count). The molecule has 0 saturated carbocycles. The van der Waals surface area contributed by atoms with Gasteiger partial charge < -0.3 is 14.3 Å². The summed E-state index contributed by atoms with van der Waals surface area (Å²) in [6.07, 6.45) is 0. The molecule has 1 aliphatic heterocycles. The van der Waals surface area contributed by atoms with E-state index in [2.05, 4.69) is 15.9 Å². The Morgan fingerprint density at radius 3 is 2.83 bits per heavy atom. The smallest absolute Gasteiger partial charge is 0.309 e. The van der Waals surface area contributed by atoms with Crippen LogP contribution in [-0.4, -0.2) is 42.2 Å². The Balaban J connectivity index is 1.57. The topological polar surface area (TPSA) is 80.0 Å². The highest BCUT2D eigenvalue weighted by atomic mass is 79.9. The highest BCUT2D eigenvalue weighted by Crippen LogP contribution is 2.34. The molecule has 29 heavy (non-hydrogen) atoms. The summed E-state index contributed by atoms with van der Waals surface area (Å²) >= 11 is 9.64. The number of ether oxygens (including phenoxy) is 1. The van der Waals surface area contributed by atoms with Crippen molar-refractivity contribution < 1.29 is 19.1 Å². The molecule has 3 aromatic rings. The van der Waals surface area contributed by atoms with E-state index in [-0.39, 0.29) is 11.3 Å². The molecule has 1 N–H and O–H groups in total. The average Bonchev–Trinajstić information content (AvgIpc) is 2.64. The summed E-state index contributed by atoms with van der Waals surface area (Å²) in [4.78, 5) is 25.4. The molecule has 0 unspecified atom stereocenters. The molecule has 0 spiro atoms. The van der Waals surface area contributed by atoms with Gasteiger partial charge in [0.1, 0.15) is 18.1 Å².